The molecule has 536 valence electrons. The molecule has 0 saturated carbocycles. The summed E-state index contributed by atoms with van der Waals surface area (Å²) >= 11 is 0. The molecule has 0 aliphatic heterocycles. The number of fused-ring (bicyclic) bond motifs is 9. The van der Waals surface area contributed by atoms with Crippen molar-refractivity contribution in [1.82, 2.24) is 0 Å². The van der Waals surface area contributed by atoms with Crippen LogP contribution in [-0.2, 0) is 10.8 Å². The largest absolute Gasteiger partial charge is 0.310 e. The maximum atomic E-state index is 2.45. The standard InChI is InChI=1S/C112H78N2/c1-111(91-31-4-3-5-32-91)103-39-16-12-35-101(103)109-99(37-21-41-105(109)111)97-33-14-18-43-107(97)113(95-69-61-76-24-7-10-27-88(76)73-95)93-65-57-80(58-66-93)78-45-49-82(50-46-78)86-29-20-30-87(71-86)84-55-63-92(64-56-84)112(2)104-40-17-13-36-102(104)110-100(38-22-42-106(110)112)98-34-15-19-44-108(98)114(96-70-62-77-25-8-11-28-89(77)74-96)94-67-59-81(60-68-94)79-47-51-83(52-48-79)90-54-53-75-23-6-9-26-85(75)72-90/h3-74H,1-2H3. The molecule has 2 nitrogen and oxygen atoms in total. The fourth-order valence-electron chi connectivity index (χ4n) is 18.8. The van der Waals surface area contributed by atoms with E-state index < -0.39 is 5.41 Å². The molecular formula is C112H78N2. The van der Waals surface area contributed by atoms with E-state index in [1.54, 1.807) is 0 Å². The second-order valence-electron chi connectivity index (χ2n) is 30.9. The molecule has 2 unspecified atom stereocenters. The Morgan fingerprint density at radius 1 is 0.167 bits per heavy atom. The van der Waals surface area contributed by atoms with E-state index in [-0.39, 0.29) is 5.41 Å². The molecule has 2 heteroatoms. The maximum Gasteiger partial charge on any atom is 0.0540 e. The molecule has 0 N–H and O–H groups in total. The fraction of sp³-hybridized carbons (Fsp3) is 0.0357. The van der Waals surface area contributed by atoms with Crippen molar-refractivity contribution in [3.05, 3.63) is 470 Å². The summed E-state index contributed by atoms with van der Waals surface area (Å²) in [6.45, 7) is 4.83. The van der Waals surface area contributed by atoms with Gasteiger partial charge in [0.15, 0.2) is 0 Å². The van der Waals surface area contributed by atoms with Crippen LogP contribution < -0.4 is 9.80 Å². The molecule has 2 aliphatic rings. The zero-order valence-corrected chi connectivity index (χ0v) is 63.5. The van der Waals surface area contributed by atoms with Gasteiger partial charge in [-0.2, -0.15) is 0 Å². The summed E-state index contributed by atoms with van der Waals surface area (Å²) in [6.07, 6.45) is 0. The van der Waals surface area contributed by atoms with Gasteiger partial charge in [0.05, 0.1) is 11.4 Å². The molecule has 0 fully saturated rings. The minimum Gasteiger partial charge on any atom is -0.310 e. The first-order chi connectivity index (χ1) is 56.3. The highest BCUT2D eigenvalue weighted by atomic mass is 15.2. The number of anilines is 6. The third-order valence-corrected chi connectivity index (χ3v) is 24.6. The number of rotatable bonds is 15. The molecule has 2 atom stereocenters. The van der Waals surface area contributed by atoms with Crippen LogP contribution in [0.4, 0.5) is 34.1 Å². The zero-order valence-electron chi connectivity index (χ0n) is 63.5. The molecule has 0 aromatic heterocycles. The Morgan fingerprint density at radius 2 is 0.447 bits per heavy atom. The van der Waals surface area contributed by atoms with Gasteiger partial charge < -0.3 is 9.80 Å². The van der Waals surface area contributed by atoms with Crippen molar-refractivity contribution < 1.29 is 0 Å². The van der Waals surface area contributed by atoms with Crippen LogP contribution in [0.5, 0.6) is 0 Å². The van der Waals surface area contributed by atoms with Gasteiger partial charge in [-0.05, 0) is 241 Å². The van der Waals surface area contributed by atoms with Crippen molar-refractivity contribution in [2.45, 2.75) is 24.7 Å². The lowest BCUT2D eigenvalue weighted by atomic mass is 9.74. The summed E-state index contributed by atoms with van der Waals surface area (Å²) in [5.41, 5.74) is 35.3. The van der Waals surface area contributed by atoms with Crippen molar-refractivity contribution in [3.8, 4) is 100 Å². The molecule has 19 aromatic rings. The fourth-order valence-corrected chi connectivity index (χ4v) is 18.8. The summed E-state index contributed by atoms with van der Waals surface area (Å²) < 4.78 is 0. The van der Waals surface area contributed by atoms with Gasteiger partial charge in [0.25, 0.3) is 0 Å². The number of benzene rings is 19. The van der Waals surface area contributed by atoms with E-state index in [1.807, 2.05) is 0 Å². The predicted molar refractivity (Wildman–Crippen MR) is 481 cm³/mol. The Bertz CT molecular complexity index is 6920. The molecular weight excluding hydrogens is 1370 g/mol. The van der Waals surface area contributed by atoms with Gasteiger partial charge in [0.1, 0.15) is 0 Å². The summed E-state index contributed by atoms with van der Waals surface area (Å²) in [7, 11) is 0. The number of nitrogens with zero attached hydrogens (tertiary/aromatic N) is 2. The van der Waals surface area contributed by atoms with E-state index in [4.69, 9.17) is 0 Å². The maximum absolute atomic E-state index is 2.45. The lowest BCUT2D eigenvalue weighted by Gasteiger charge is -2.30. The predicted octanol–water partition coefficient (Wildman–Crippen LogP) is 30.4. The van der Waals surface area contributed by atoms with Crippen molar-refractivity contribution in [2.24, 2.45) is 0 Å². The van der Waals surface area contributed by atoms with E-state index in [9.17, 15) is 0 Å². The van der Waals surface area contributed by atoms with Gasteiger partial charge in [-0.25, -0.2) is 0 Å². The molecule has 0 heterocycles. The van der Waals surface area contributed by atoms with Crippen LogP contribution in [0.15, 0.2) is 437 Å². The van der Waals surface area contributed by atoms with Crippen LogP contribution in [0.3, 0.4) is 0 Å². The van der Waals surface area contributed by atoms with Gasteiger partial charge >= 0.3 is 0 Å². The average Bonchev–Trinajstić information content (AvgIpc) is 1.55. The van der Waals surface area contributed by atoms with Crippen molar-refractivity contribution in [3.63, 3.8) is 0 Å². The summed E-state index contributed by atoms with van der Waals surface area (Å²) in [4.78, 5) is 4.90. The van der Waals surface area contributed by atoms with E-state index in [1.165, 1.54) is 149 Å². The van der Waals surface area contributed by atoms with Gasteiger partial charge in [-0.3, -0.25) is 0 Å². The third kappa shape index (κ3) is 11.5. The molecule has 21 rings (SSSR count). The normalized spacial score (nSPS) is 14.5. The Kier molecular flexibility index (Phi) is 16.5. The Labute approximate surface area is 666 Å². The number of hydrogen-bond donors (Lipinski definition) is 0. The molecule has 0 saturated heterocycles. The highest BCUT2D eigenvalue weighted by Crippen LogP contribution is 2.59. The third-order valence-electron chi connectivity index (χ3n) is 24.6. The lowest BCUT2D eigenvalue weighted by Crippen LogP contribution is -2.22. The van der Waals surface area contributed by atoms with Crippen LogP contribution in [0.25, 0.3) is 132 Å². The van der Waals surface area contributed by atoms with Crippen LogP contribution in [0.2, 0.25) is 0 Å². The Hall–Kier alpha value is -14.4. The smallest absolute Gasteiger partial charge is 0.0540 e. The van der Waals surface area contributed by atoms with Gasteiger partial charge in [-0.15, -0.1) is 0 Å². The molecule has 114 heavy (non-hydrogen) atoms. The molecule has 0 bridgehead atoms. The van der Waals surface area contributed by atoms with Crippen LogP contribution in [0.1, 0.15) is 47.2 Å². The Morgan fingerprint density at radius 3 is 0.886 bits per heavy atom. The first-order valence-electron chi connectivity index (χ1n) is 39.7. The van der Waals surface area contributed by atoms with Gasteiger partial charge in [-0.1, -0.05) is 364 Å². The van der Waals surface area contributed by atoms with Crippen molar-refractivity contribution in [1.29, 1.82) is 0 Å². The monoisotopic (exact) mass is 1450 g/mol. The number of para-hydroxylation sites is 2. The topological polar surface area (TPSA) is 6.48 Å². The van der Waals surface area contributed by atoms with Crippen molar-refractivity contribution in [2.75, 3.05) is 9.80 Å². The number of hydrogen-bond acceptors (Lipinski definition) is 2. The Balaban J connectivity index is 0.571. The van der Waals surface area contributed by atoms with Crippen LogP contribution in [0, 0.1) is 0 Å². The van der Waals surface area contributed by atoms with Crippen LogP contribution in [-0.4, -0.2) is 0 Å². The molecule has 2 aliphatic carbocycles. The zero-order chi connectivity index (χ0) is 75.9. The SMILES string of the molecule is CC1(c2ccccc2)c2ccccc2-c2c(-c3ccccc3N(c3ccc(-c4ccc(-c5cccc(-c6ccc(C7(C)c8ccccc8-c8c(-c9ccccc9N(c9ccc(-c%10ccc(-c%11ccc%12ccccc%12c%11)cc%10)cc9)c9ccc%10ccccc%10c9)cccc87)cc6)c5)cc4)cc3)c3ccc4ccccc4c3)cccc21. The molecule has 0 radical (unpaired) electrons. The van der Waals surface area contributed by atoms with Crippen molar-refractivity contribution >= 4 is 66.4 Å². The summed E-state index contributed by atoms with van der Waals surface area (Å²) in [5.74, 6) is 0. The molecule has 0 amide bonds. The van der Waals surface area contributed by atoms with E-state index in [0.717, 1.165) is 50.8 Å². The average molecular weight is 1450 g/mol. The minimum atomic E-state index is -0.438. The minimum absolute atomic E-state index is 0.316. The highest BCUT2D eigenvalue weighted by Gasteiger charge is 2.44. The lowest BCUT2D eigenvalue weighted by molar-refractivity contribution is 0.714. The molecule has 19 aromatic carbocycles. The highest BCUT2D eigenvalue weighted by molar-refractivity contribution is 6.03. The summed E-state index contributed by atoms with van der Waals surface area (Å²) in [6, 6.07) is 162. The van der Waals surface area contributed by atoms with Gasteiger partial charge in [0.2, 0.25) is 0 Å². The first kappa shape index (κ1) is 67.7. The second kappa shape index (κ2) is 27.8. The summed E-state index contributed by atoms with van der Waals surface area (Å²) in [5, 5.41) is 7.32. The molecule has 0 spiro atoms. The quantitative estimate of drug-likeness (QED) is 0.101. The van der Waals surface area contributed by atoms with E-state index >= 15 is 0 Å². The van der Waals surface area contributed by atoms with Gasteiger partial charge in [0, 0.05) is 44.7 Å². The van der Waals surface area contributed by atoms with E-state index in [0.29, 0.717) is 0 Å². The first-order valence-corrected chi connectivity index (χ1v) is 39.7. The van der Waals surface area contributed by atoms with Crippen LogP contribution >= 0.6 is 0 Å². The van der Waals surface area contributed by atoms with E-state index in [2.05, 4.69) is 460 Å². The second-order valence-corrected chi connectivity index (χ2v) is 30.9.